The van der Waals surface area contributed by atoms with E-state index in [2.05, 4.69) is 6.92 Å². The van der Waals surface area contributed by atoms with Crippen molar-refractivity contribution in [3.05, 3.63) is 0 Å². The van der Waals surface area contributed by atoms with Crippen LogP contribution in [0.2, 0.25) is 0 Å². The van der Waals surface area contributed by atoms with Crippen LogP contribution in [0.3, 0.4) is 0 Å². The van der Waals surface area contributed by atoms with E-state index in [1.165, 1.54) is 0 Å². The Morgan fingerprint density at radius 3 is 2.72 bits per heavy atom. The van der Waals surface area contributed by atoms with E-state index in [1.807, 2.05) is 18.7 Å². The summed E-state index contributed by atoms with van der Waals surface area (Å²) in [5.41, 5.74) is 5.97. The maximum atomic E-state index is 12.1. The average Bonchev–Trinajstić information content (AvgIpc) is 2.82. The molecule has 1 amide bonds. The molecule has 0 aromatic heterocycles. The lowest BCUT2D eigenvalue weighted by Crippen LogP contribution is -2.46. The van der Waals surface area contributed by atoms with Gasteiger partial charge in [0.2, 0.25) is 5.91 Å². The van der Waals surface area contributed by atoms with Crippen LogP contribution in [0.4, 0.5) is 0 Å². The van der Waals surface area contributed by atoms with Crippen molar-refractivity contribution in [3.63, 3.8) is 0 Å². The average molecular weight is 279 g/mol. The van der Waals surface area contributed by atoms with Gasteiger partial charge in [0.25, 0.3) is 0 Å². The summed E-state index contributed by atoms with van der Waals surface area (Å²) in [5, 5.41) is 0. The molecule has 0 spiro atoms. The van der Waals surface area contributed by atoms with E-state index in [9.17, 15) is 4.79 Å². The summed E-state index contributed by atoms with van der Waals surface area (Å²) in [5.74, 6) is 0.856. The Kier molecular flexibility index (Phi) is 8.57. The van der Waals surface area contributed by atoms with Crippen LogP contribution >= 0.6 is 12.4 Å². The highest BCUT2D eigenvalue weighted by atomic mass is 35.5. The molecule has 4 nitrogen and oxygen atoms in total. The number of halogens is 1. The van der Waals surface area contributed by atoms with Gasteiger partial charge in [0, 0.05) is 25.6 Å². The molecule has 1 saturated heterocycles. The Morgan fingerprint density at radius 1 is 1.50 bits per heavy atom. The fourth-order valence-electron chi connectivity index (χ4n) is 2.16. The summed E-state index contributed by atoms with van der Waals surface area (Å²) < 4.78 is 5.41. The van der Waals surface area contributed by atoms with Gasteiger partial charge in [-0.1, -0.05) is 20.3 Å². The van der Waals surface area contributed by atoms with E-state index in [-0.39, 0.29) is 30.3 Å². The molecule has 3 atom stereocenters. The summed E-state index contributed by atoms with van der Waals surface area (Å²) in [6.45, 7) is 9.26. The molecule has 0 radical (unpaired) electrons. The molecule has 1 fully saturated rings. The molecule has 0 aromatic carbocycles. The van der Waals surface area contributed by atoms with Gasteiger partial charge in [0.05, 0.1) is 12.6 Å². The van der Waals surface area contributed by atoms with E-state index < -0.39 is 0 Å². The number of nitrogens with zero attached hydrogens (tertiary/aromatic N) is 1. The highest BCUT2D eigenvalue weighted by molar-refractivity contribution is 5.85. The Bertz CT molecular complexity index is 251. The number of carbonyl (C=O) groups is 1. The van der Waals surface area contributed by atoms with Gasteiger partial charge >= 0.3 is 0 Å². The molecule has 0 bridgehead atoms. The summed E-state index contributed by atoms with van der Waals surface area (Å²) in [6.07, 6.45) is 1.99. The van der Waals surface area contributed by atoms with E-state index in [4.69, 9.17) is 10.5 Å². The number of amides is 1. The lowest BCUT2D eigenvalue weighted by atomic mass is 9.99. The third-order valence-corrected chi connectivity index (χ3v) is 3.70. The van der Waals surface area contributed by atoms with Crippen molar-refractivity contribution in [2.45, 2.75) is 39.7 Å². The van der Waals surface area contributed by atoms with Crippen molar-refractivity contribution >= 4 is 18.3 Å². The largest absolute Gasteiger partial charge is 0.381 e. The van der Waals surface area contributed by atoms with Gasteiger partial charge in [-0.25, -0.2) is 0 Å². The predicted molar refractivity (Wildman–Crippen MR) is 75.9 cm³/mol. The van der Waals surface area contributed by atoms with Gasteiger partial charge < -0.3 is 15.4 Å². The van der Waals surface area contributed by atoms with Crippen LogP contribution in [0.5, 0.6) is 0 Å². The first-order valence-electron chi connectivity index (χ1n) is 6.72. The first kappa shape index (κ1) is 17.7. The van der Waals surface area contributed by atoms with Gasteiger partial charge in [-0.05, 0) is 19.3 Å². The van der Waals surface area contributed by atoms with E-state index in [1.54, 1.807) is 0 Å². The smallest absolute Gasteiger partial charge is 0.239 e. The quantitative estimate of drug-likeness (QED) is 0.804. The molecule has 3 unspecified atom stereocenters. The van der Waals surface area contributed by atoms with Crippen LogP contribution in [0, 0.1) is 11.8 Å². The summed E-state index contributed by atoms with van der Waals surface area (Å²) >= 11 is 0. The van der Waals surface area contributed by atoms with E-state index >= 15 is 0 Å². The Labute approximate surface area is 117 Å². The van der Waals surface area contributed by atoms with Crippen molar-refractivity contribution in [1.82, 2.24) is 4.90 Å². The molecule has 1 heterocycles. The number of carbonyl (C=O) groups excluding carboxylic acids is 1. The normalized spacial score (nSPS) is 22.4. The zero-order valence-corrected chi connectivity index (χ0v) is 12.5. The molecule has 1 aliphatic heterocycles. The zero-order valence-electron chi connectivity index (χ0n) is 11.7. The minimum atomic E-state index is -0.342. The fourth-order valence-corrected chi connectivity index (χ4v) is 2.16. The standard InChI is InChI=1S/C13H26N2O2.ClH/c1-4-10(3)12(14)13(16)15-7-6-11(8-15)9-17-5-2;/h10-12H,4-9,14H2,1-3H3;1H. The molecular formula is C13H27ClN2O2. The molecule has 0 saturated carbocycles. The monoisotopic (exact) mass is 278 g/mol. The number of likely N-dealkylation sites (tertiary alicyclic amines) is 1. The highest BCUT2D eigenvalue weighted by Gasteiger charge is 2.30. The molecule has 0 aliphatic carbocycles. The second kappa shape index (κ2) is 8.73. The van der Waals surface area contributed by atoms with E-state index in [0.29, 0.717) is 5.92 Å². The number of rotatable bonds is 6. The maximum absolute atomic E-state index is 12.1. The molecule has 0 aromatic rings. The first-order chi connectivity index (χ1) is 8.10. The van der Waals surface area contributed by atoms with Gasteiger partial charge in [-0.15, -0.1) is 12.4 Å². The number of ether oxygens (including phenoxy) is 1. The number of hydrogen-bond donors (Lipinski definition) is 1. The van der Waals surface area contributed by atoms with Crippen LogP contribution in [0.25, 0.3) is 0 Å². The predicted octanol–water partition coefficient (Wildman–Crippen LogP) is 1.67. The van der Waals surface area contributed by atoms with Gasteiger partial charge in [0.15, 0.2) is 0 Å². The van der Waals surface area contributed by atoms with Crippen molar-refractivity contribution in [3.8, 4) is 0 Å². The van der Waals surface area contributed by atoms with E-state index in [0.717, 1.165) is 39.1 Å². The van der Waals surface area contributed by atoms with Crippen LogP contribution in [0.1, 0.15) is 33.6 Å². The minimum Gasteiger partial charge on any atom is -0.381 e. The van der Waals surface area contributed by atoms with Crippen molar-refractivity contribution in [1.29, 1.82) is 0 Å². The fraction of sp³-hybridized carbons (Fsp3) is 0.923. The van der Waals surface area contributed by atoms with Crippen LogP contribution in [-0.2, 0) is 9.53 Å². The Morgan fingerprint density at radius 2 is 2.17 bits per heavy atom. The summed E-state index contributed by atoms with van der Waals surface area (Å²) in [7, 11) is 0. The summed E-state index contributed by atoms with van der Waals surface area (Å²) in [6, 6.07) is -0.342. The third kappa shape index (κ3) is 4.75. The topological polar surface area (TPSA) is 55.6 Å². The Hall–Kier alpha value is -0.320. The van der Waals surface area contributed by atoms with Crippen molar-refractivity contribution in [2.24, 2.45) is 17.6 Å². The number of nitrogens with two attached hydrogens (primary N) is 1. The van der Waals surface area contributed by atoms with Crippen molar-refractivity contribution < 1.29 is 9.53 Å². The maximum Gasteiger partial charge on any atom is 0.239 e. The molecule has 1 aliphatic rings. The highest BCUT2D eigenvalue weighted by Crippen LogP contribution is 2.19. The molecule has 108 valence electrons. The van der Waals surface area contributed by atoms with Crippen molar-refractivity contribution in [2.75, 3.05) is 26.3 Å². The van der Waals surface area contributed by atoms with Gasteiger partial charge in [-0.3, -0.25) is 4.79 Å². The SMILES string of the molecule is CCOCC1CCN(C(=O)C(N)C(C)CC)C1.Cl. The molecule has 18 heavy (non-hydrogen) atoms. The molecular weight excluding hydrogens is 252 g/mol. The second-order valence-corrected chi connectivity index (χ2v) is 5.01. The third-order valence-electron chi connectivity index (χ3n) is 3.70. The minimum absolute atomic E-state index is 0. The molecule has 1 rings (SSSR count). The second-order valence-electron chi connectivity index (χ2n) is 5.01. The van der Waals surface area contributed by atoms with Crippen LogP contribution in [0.15, 0.2) is 0 Å². The lowest BCUT2D eigenvalue weighted by Gasteiger charge is -2.24. The van der Waals surface area contributed by atoms with Gasteiger partial charge in [0.1, 0.15) is 0 Å². The summed E-state index contributed by atoms with van der Waals surface area (Å²) in [4.78, 5) is 14.0. The molecule has 5 heteroatoms. The molecule has 2 N–H and O–H groups in total. The van der Waals surface area contributed by atoms with Gasteiger partial charge in [-0.2, -0.15) is 0 Å². The number of hydrogen-bond acceptors (Lipinski definition) is 3. The van der Waals surface area contributed by atoms with Crippen LogP contribution in [-0.4, -0.2) is 43.2 Å². The zero-order chi connectivity index (χ0) is 12.8. The lowest BCUT2D eigenvalue weighted by molar-refractivity contribution is -0.132. The Balaban J connectivity index is 0.00000289. The first-order valence-corrected chi connectivity index (χ1v) is 6.72. The van der Waals surface area contributed by atoms with Crippen LogP contribution < -0.4 is 5.73 Å².